The Hall–Kier alpha value is -1.38. The Morgan fingerprint density at radius 1 is 0.882 bits per heavy atom. The van der Waals surface area contributed by atoms with Gasteiger partial charge in [0.2, 0.25) is 0 Å². The van der Waals surface area contributed by atoms with E-state index >= 15 is 0 Å². The number of phenols is 2. The molecule has 0 saturated carbocycles. The summed E-state index contributed by atoms with van der Waals surface area (Å²) < 4.78 is 0. The van der Waals surface area contributed by atoms with E-state index in [9.17, 15) is 10.2 Å². The number of rotatable bonds is 2. The van der Waals surface area contributed by atoms with E-state index in [1.165, 1.54) is 12.1 Å². The van der Waals surface area contributed by atoms with Crippen LogP contribution in [0.4, 0.5) is 0 Å². The summed E-state index contributed by atoms with van der Waals surface area (Å²) in [5, 5.41) is 19.9. The molecule has 0 aromatic heterocycles. The van der Waals surface area contributed by atoms with Crippen LogP contribution in [0.15, 0.2) is 36.4 Å². The first-order valence-electron chi connectivity index (χ1n) is 5.01. The Bertz CT molecular complexity index is 504. The van der Waals surface area contributed by atoms with Gasteiger partial charge in [0.25, 0.3) is 0 Å². The molecule has 0 spiro atoms. The number of phenolic OH excluding ortho intramolecular Hbond substituents is 2. The third-order valence-electron chi connectivity index (χ3n) is 2.46. The number of aromatic hydroxyl groups is 2. The molecule has 2 rings (SSSR count). The van der Waals surface area contributed by atoms with Crippen LogP contribution < -0.4 is 0 Å². The van der Waals surface area contributed by atoms with Crippen molar-refractivity contribution in [3.8, 4) is 11.5 Å². The van der Waals surface area contributed by atoms with Crippen molar-refractivity contribution in [2.75, 3.05) is 0 Å². The van der Waals surface area contributed by atoms with Gasteiger partial charge in [-0.25, -0.2) is 0 Å². The van der Waals surface area contributed by atoms with Gasteiger partial charge in [0.05, 0.1) is 0 Å². The molecule has 88 valence electrons. The molecule has 0 heterocycles. The Morgan fingerprint density at radius 3 is 2.24 bits per heavy atom. The van der Waals surface area contributed by atoms with Crippen LogP contribution in [0, 0.1) is 0 Å². The summed E-state index contributed by atoms with van der Waals surface area (Å²) in [7, 11) is 0. The zero-order valence-electron chi connectivity index (χ0n) is 8.82. The number of hydrogen-bond donors (Lipinski definition) is 2. The Balaban J connectivity index is 2.31. The Morgan fingerprint density at radius 2 is 1.59 bits per heavy atom. The minimum atomic E-state index is 0.124. The van der Waals surface area contributed by atoms with Crippen LogP contribution in [-0.2, 0) is 6.42 Å². The predicted molar refractivity (Wildman–Crippen MR) is 69.0 cm³/mol. The second-order valence-electron chi connectivity index (χ2n) is 3.73. The van der Waals surface area contributed by atoms with E-state index in [1.807, 2.05) is 0 Å². The van der Waals surface area contributed by atoms with E-state index in [2.05, 4.69) is 0 Å². The van der Waals surface area contributed by atoms with Crippen molar-refractivity contribution >= 4 is 23.2 Å². The third-order valence-corrected chi connectivity index (χ3v) is 3.05. The zero-order valence-corrected chi connectivity index (χ0v) is 10.3. The Kier molecular flexibility index (Phi) is 3.46. The van der Waals surface area contributed by atoms with Gasteiger partial charge in [-0.1, -0.05) is 35.3 Å². The molecule has 2 N–H and O–H groups in total. The fourth-order valence-electron chi connectivity index (χ4n) is 1.57. The molecule has 0 bridgehead atoms. The summed E-state index contributed by atoms with van der Waals surface area (Å²) in [6, 6.07) is 9.72. The standard InChI is InChI=1S/C13H10Cl2O2/c14-10-3-1-9(13(17)6-10)5-8-2-4-11(16)7-12(8)15/h1-4,6-7,16-17H,5H2. The van der Waals surface area contributed by atoms with Crippen LogP contribution in [0.3, 0.4) is 0 Å². The summed E-state index contributed by atoms with van der Waals surface area (Å²) in [5.74, 6) is 0.265. The van der Waals surface area contributed by atoms with Gasteiger partial charge in [-0.15, -0.1) is 0 Å². The Labute approximate surface area is 109 Å². The molecule has 0 radical (unpaired) electrons. The maximum Gasteiger partial charge on any atom is 0.120 e. The molecule has 0 aliphatic rings. The normalized spacial score (nSPS) is 10.5. The molecule has 0 aliphatic carbocycles. The predicted octanol–water partition coefficient (Wildman–Crippen LogP) is 4.00. The van der Waals surface area contributed by atoms with Gasteiger partial charge in [0, 0.05) is 16.5 Å². The van der Waals surface area contributed by atoms with Crippen molar-refractivity contribution in [3.05, 3.63) is 57.6 Å². The molecule has 0 atom stereocenters. The summed E-state index contributed by atoms with van der Waals surface area (Å²) in [6.07, 6.45) is 0.488. The van der Waals surface area contributed by atoms with Crippen LogP contribution in [0.25, 0.3) is 0 Å². The van der Waals surface area contributed by atoms with E-state index in [-0.39, 0.29) is 11.5 Å². The highest BCUT2D eigenvalue weighted by Crippen LogP contribution is 2.28. The molecular formula is C13H10Cl2O2. The van der Waals surface area contributed by atoms with E-state index in [0.29, 0.717) is 16.5 Å². The van der Waals surface area contributed by atoms with E-state index in [1.54, 1.807) is 24.3 Å². The van der Waals surface area contributed by atoms with Gasteiger partial charge in [0.15, 0.2) is 0 Å². The quantitative estimate of drug-likeness (QED) is 0.865. The maximum absolute atomic E-state index is 9.72. The molecule has 0 saturated heterocycles. The minimum absolute atomic E-state index is 0.124. The molecule has 0 aliphatic heterocycles. The second-order valence-corrected chi connectivity index (χ2v) is 4.57. The summed E-state index contributed by atoms with van der Waals surface area (Å²) >= 11 is 11.7. The van der Waals surface area contributed by atoms with Gasteiger partial charge in [-0.05, 0) is 35.4 Å². The lowest BCUT2D eigenvalue weighted by molar-refractivity contribution is 0.469. The van der Waals surface area contributed by atoms with Gasteiger partial charge in [-0.3, -0.25) is 0 Å². The molecule has 0 unspecified atom stereocenters. The SMILES string of the molecule is Oc1ccc(Cc2ccc(Cl)cc2O)c(Cl)c1. The van der Waals surface area contributed by atoms with Crippen LogP contribution >= 0.6 is 23.2 Å². The molecule has 2 nitrogen and oxygen atoms in total. The fourth-order valence-corrected chi connectivity index (χ4v) is 1.98. The molecule has 17 heavy (non-hydrogen) atoms. The number of halogens is 2. The van der Waals surface area contributed by atoms with Gasteiger partial charge in [-0.2, -0.15) is 0 Å². The van der Waals surface area contributed by atoms with Crippen molar-refractivity contribution in [1.29, 1.82) is 0 Å². The lowest BCUT2D eigenvalue weighted by Gasteiger charge is -2.07. The monoisotopic (exact) mass is 268 g/mol. The fraction of sp³-hybridized carbons (Fsp3) is 0.0769. The van der Waals surface area contributed by atoms with Gasteiger partial charge >= 0.3 is 0 Å². The van der Waals surface area contributed by atoms with E-state index in [0.717, 1.165) is 11.1 Å². The number of hydrogen-bond acceptors (Lipinski definition) is 2. The third kappa shape index (κ3) is 2.84. The highest BCUT2D eigenvalue weighted by atomic mass is 35.5. The van der Waals surface area contributed by atoms with Crippen molar-refractivity contribution in [1.82, 2.24) is 0 Å². The minimum Gasteiger partial charge on any atom is -0.508 e. The van der Waals surface area contributed by atoms with Crippen molar-refractivity contribution < 1.29 is 10.2 Å². The van der Waals surface area contributed by atoms with Crippen molar-refractivity contribution in [2.24, 2.45) is 0 Å². The lowest BCUT2D eigenvalue weighted by Crippen LogP contribution is -1.90. The first-order valence-corrected chi connectivity index (χ1v) is 5.76. The van der Waals surface area contributed by atoms with Crippen LogP contribution in [0.2, 0.25) is 10.0 Å². The van der Waals surface area contributed by atoms with E-state index in [4.69, 9.17) is 23.2 Å². The highest BCUT2D eigenvalue weighted by Gasteiger charge is 2.07. The molecule has 2 aromatic carbocycles. The molecular weight excluding hydrogens is 259 g/mol. The first-order chi connectivity index (χ1) is 8.06. The maximum atomic E-state index is 9.72. The largest absolute Gasteiger partial charge is 0.508 e. The van der Waals surface area contributed by atoms with E-state index < -0.39 is 0 Å². The molecule has 0 amide bonds. The smallest absolute Gasteiger partial charge is 0.120 e. The van der Waals surface area contributed by atoms with Gasteiger partial charge < -0.3 is 10.2 Å². The van der Waals surface area contributed by atoms with Crippen molar-refractivity contribution in [3.63, 3.8) is 0 Å². The summed E-state index contributed by atoms with van der Waals surface area (Å²) in [4.78, 5) is 0. The molecule has 2 aromatic rings. The molecule has 4 heteroatoms. The second kappa shape index (κ2) is 4.86. The summed E-state index contributed by atoms with van der Waals surface area (Å²) in [5.41, 5.74) is 1.57. The van der Waals surface area contributed by atoms with Crippen molar-refractivity contribution in [2.45, 2.75) is 6.42 Å². The first kappa shape index (κ1) is 12.1. The molecule has 0 fully saturated rings. The average molecular weight is 269 g/mol. The topological polar surface area (TPSA) is 40.5 Å². The number of benzene rings is 2. The van der Waals surface area contributed by atoms with Crippen LogP contribution in [0.5, 0.6) is 11.5 Å². The van der Waals surface area contributed by atoms with Gasteiger partial charge in [0.1, 0.15) is 11.5 Å². The van der Waals surface area contributed by atoms with Crippen LogP contribution in [-0.4, -0.2) is 10.2 Å². The summed E-state index contributed by atoms with van der Waals surface area (Å²) in [6.45, 7) is 0. The zero-order chi connectivity index (χ0) is 12.4. The highest BCUT2D eigenvalue weighted by molar-refractivity contribution is 6.31. The average Bonchev–Trinajstić information content (AvgIpc) is 2.25. The lowest BCUT2D eigenvalue weighted by atomic mass is 10.0. The van der Waals surface area contributed by atoms with Crippen LogP contribution in [0.1, 0.15) is 11.1 Å².